The summed E-state index contributed by atoms with van der Waals surface area (Å²) >= 11 is 0. The van der Waals surface area contributed by atoms with Crippen molar-refractivity contribution in [2.24, 2.45) is 0 Å². The number of nitrogens with one attached hydrogen (secondary N) is 2. The fraction of sp³-hybridized carbons (Fsp3) is 0.438. The van der Waals surface area contributed by atoms with Gasteiger partial charge in [-0.15, -0.1) is 0 Å². The first-order valence-corrected chi connectivity index (χ1v) is 7.56. The van der Waals surface area contributed by atoms with Gasteiger partial charge >= 0.3 is 0 Å². The summed E-state index contributed by atoms with van der Waals surface area (Å²) in [5.41, 5.74) is 0.798. The third-order valence-corrected chi connectivity index (χ3v) is 3.35. The second kappa shape index (κ2) is 8.28. The lowest BCUT2D eigenvalue weighted by molar-refractivity contribution is -0.122. The Balaban J connectivity index is 1.99. The van der Waals surface area contributed by atoms with Crippen molar-refractivity contribution in [1.29, 1.82) is 0 Å². The molecular weight excluding hydrogens is 296 g/mol. The van der Waals surface area contributed by atoms with Crippen LogP contribution in [-0.2, 0) is 4.79 Å². The molecule has 2 N–H and O–H groups in total. The lowest BCUT2D eigenvalue weighted by atomic mass is 10.2. The number of benzene rings is 1. The highest BCUT2D eigenvalue weighted by atomic mass is 16.5. The molecule has 0 aliphatic rings. The van der Waals surface area contributed by atoms with Crippen LogP contribution in [0.15, 0.2) is 28.8 Å². The van der Waals surface area contributed by atoms with Crippen molar-refractivity contribution in [2.75, 3.05) is 20.7 Å². The summed E-state index contributed by atoms with van der Waals surface area (Å²) in [6, 6.07) is 7.08. The summed E-state index contributed by atoms with van der Waals surface area (Å²) in [7, 11) is 3.46. The van der Waals surface area contributed by atoms with E-state index in [2.05, 4.69) is 20.8 Å². The molecule has 7 nitrogen and oxygen atoms in total. The summed E-state index contributed by atoms with van der Waals surface area (Å²) in [6.45, 7) is 2.63. The first-order valence-electron chi connectivity index (χ1n) is 7.56. The Morgan fingerprint density at radius 2 is 2.26 bits per heavy atom. The van der Waals surface area contributed by atoms with Gasteiger partial charge in [-0.2, -0.15) is 4.98 Å². The maximum atomic E-state index is 11.8. The molecule has 0 fully saturated rings. The zero-order valence-corrected chi connectivity index (χ0v) is 13.6. The standard InChI is InChI=1S/C16H22N4O3/c1-11(18-14(21)8-5-9-17-2)16-19-15(20-23-16)12-6-4-7-13(10-12)22-3/h4,6-7,10-11,17H,5,8-9H2,1-3H3,(H,18,21). The summed E-state index contributed by atoms with van der Waals surface area (Å²) in [4.78, 5) is 16.2. The van der Waals surface area contributed by atoms with Crippen molar-refractivity contribution in [2.45, 2.75) is 25.8 Å². The van der Waals surface area contributed by atoms with E-state index in [1.807, 2.05) is 38.2 Å². The van der Waals surface area contributed by atoms with Gasteiger partial charge in [-0.3, -0.25) is 4.79 Å². The van der Waals surface area contributed by atoms with E-state index < -0.39 is 0 Å². The van der Waals surface area contributed by atoms with E-state index in [0.717, 1.165) is 24.3 Å². The topological polar surface area (TPSA) is 89.3 Å². The number of carbonyl (C=O) groups is 1. The molecule has 0 saturated heterocycles. The van der Waals surface area contributed by atoms with E-state index in [1.54, 1.807) is 7.11 Å². The number of aromatic nitrogens is 2. The average molecular weight is 318 g/mol. The predicted octanol–water partition coefficient (Wildman–Crippen LogP) is 1.92. The van der Waals surface area contributed by atoms with E-state index in [-0.39, 0.29) is 11.9 Å². The second-order valence-electron chi connectivity index (χ2n) is 5.18. The predicted molar refractivity (Wildman–Crippen MR) is 86.0 cm³/mol. The number of hydrogen-bond donors (Lipinski definition) is 2. The van der Waals surface area contributed by atoms with E-state index in [1.165, 1.54) is 0 Å². The van der Waals surface area contributed by atoms with Crippen LogP contribution in [0.3, 0.4) is 0 Å². The first-order chi connectivity index (χ1) is 11.1. The average Bonchev–Trinajstić information content (AvgIpc) is 3.05. The summed E-state index contributed by atoms with van der Waals surface area (Å²) in [6.07, 6.45) is 1.25. The highest BCUT2D eigenvalue weighted by Gasteiger charge is 2.17. The van der Waals surface area contributed by atoms with Gasteiger partial charge in [0.15, 0.2) is 0 Å². The molecule has 1 amide bonds. The Morgan fingerprint density at radius 1 is 1.43 bits per heavy atom. The number of hydrogen-bond acceptors (Lipinski definition) is 6. The maximum Gasteiger partial charge on any atom is 0.249 e. The molecular formula is C16H22N4O3. The highest BCUT2D eigenvalue weighted by Crippen LogP contribution is 2.22. The minimum absolute atomic E-state index is 0.0334. The fourth-order valence-electron chi connectivity index (χ4n) is 2.09. The molecule has 1 heterocycles. The van der Waals surface area contributed by atoms with Gasteiger partial charge in [-0.05, 0) is 39.1 Å². The van der Waals surface area contributed by atoms with Gasteiger partial charge in [0.2, 0.25) is 17.6 Å². The molecule has 23 heavy (non-hydrogen) atoms. The number of ether oxygens (including phenoxy) is 1. The Labute approximate surface area is 135 Å². The third-order valence-electron chi connectivity index (χ3n) is 3.35. The summed E-state index contributed by atoms with van der Waals surface area (Å²) < 4.78 is 10.4. The smallest absolute Gasteiger partial charge is 0.249 e. The van der Waals surface area contributed by atoms with Crippen LogP contribution in [0.4, 0.5) is 0 Å². The van der Waals surface area contributed by atoms with Crippen LogP contribution in [0.5, 0.6) is 5.75 Å². The van der Waals surface area contributed by atoms with Crippen molar-refractivity contribution in [3.63, 3.8) is 0 Å². The Kier molecular flexibility index (Phi) is 6.10. The minimum atomic E-state index is -0.330. The van der Waals surface area contributed by atoms with Crippen LogP contribution in [0.25, 0.3) is 11.4 Å². The Morgan fingerprint density at radius 3 is 3.00 bits per heavy atom. The lowest BCUT2D eigenvalue weighted by Crippen LogP contribution is -2.27. The number of methoxy groups -OCH3 is 1. The lowest BCUT2D eigenvalue weighted by Gasteiger charge is -2.09. The molecule has 0 radical (unpaired) electrons. The van der Waals surface area contributed by atoms with E-state index >= 15 is 0 Å². The molecule has 0 spiro atoms. The number of carbonyl (C=O) groups excluding carboxylic acids is 1. The van der Waals surface area contributed by atoms with Gasteiger partial charge < -0.3 is 19.9 Å². The third kappa shape index (κ3) is 4.79. The largest absolute Gasteiger partial charge is 0.497 e. The molecule has 0 aliphatic heterocycles. The molecule has 2 rings (SSSR count). The number of rotatable bonds is 8. The molecule has 2 aromatic rings. The number of nitrogens with zero attached hydrogens (tertiary/aromatic N) is 2. The van der Waals surface area contributed by atoms with Crippen molar-refractivity contribution in [3.8, 4) is 17.1 Å². The van der Waals surface area contributed by atoms with Gasteiger partial charge in [-0.25, -0.2) is 0 Å². The van der Waals surface area contributed by atoms with Crippen LogP contribution >= 0.6 is 0 Å². The van der Waals surface area contributed by atoms with Crippen molar-refractivity contribution in [1.82, 2.24) is 20.8 Å². The first kappa shape index (κ1) is 17.0. The van der Waals surface area contributed by atoms with Crippen LogP contribution in [-0.4, -0.2) is 36.8 Å². The molecule has 1 aromatic carbocycles. The van der Waals surface area contributed by atoms with Crippen LogP contribution < -0.4 is 15.4 Å². The van der Waals surface area contributed by atoms with Gasteiger partial charge in [0, 0.05) is 12.0 Å². The maximum absolute atomic E-state index is 11.8. The normalized spacial score (nSPS) is 12.0. The van der Waals surface area contributed by atoms with Gasteiger partial charge in [-0.1, -0.05) is 17.3 Å². The van der Waals surface area contributed by atoms with Gasteiger partial charge in [0.1, 0.15) is 11.8 Å². The molecule has 1 atom stereocenters. The number of amides is 1. The van der Waals surface area contributed by atoms with Gasteiger partial charge in [0.05, 0.1) is 7.11 Å². The zero-order chi connectivity index (χ0) is 16.7. The summed E-state index contributed by atoms with van der Waals surface area (Å²) in [5.74, 6) is 1.54. The molecule has 7 heteroatoms. The quantitative estimate of drug-likeness (QED) is 0.723. The Hall–Kier alpha value is -2.41. The van der Waals surface area contributed by atoms with E-state index in [4.69, 9.17) is 9.26 Å². The monoisotopic (exact) mass is 318 g/mol. The van der Waals surface area contributed by atoms with E-state index in [0.29, 0.717) is 18.1 Å². The fourth-order valence-corrected chi connectivity index (χ4v) is 2.09. The highest BCUT2D eigenvalue weighted by molar-refractivity contribution is 5.76. The van der Waals surface area contributed by atoms with Crippen LogP contribution in [0.1, 0.15) is 31.7 Å². The molecule has 0 saturated carbocycles. The van der Waals surface area contributed by atoms with Crippen LogP contribution in [0.2, 0.25) is 0 Å². The minimum Gasteiger partial charge on any atom is -0.497 e. The summed E-state index contributed by atoms with van der Waals surface area (Å²) in [5, 5.41) is 9.83. The van der Waals surface area contributed by atoms with Crippen molar-refractivity contribution < 1.29 is 14.1 Å². The molecule has 124 valence electrons. The van der Waals surface area contributed by atoms with E-state index in [9.17, 15) is 4.79 Å². The zero-order valence-electron chi connectivity index (χ0n) is 13.6. The molecule has 0 aliphatic carbocycles. The Bertz CT molecular complexity index is 642. The second-order valence-corrected chi connectivity index (χ2v) is 5.18. The van der Waals surface area contributed by atoms with Crippen molar-refractivity contribution in [3.05, 3.63) is 30.2 Å². The molecule has 0 bridgehead atoms. The SMILES string of the molecule is CNCCCC(=O)NC(C)c1nc(-c2cccc(OC)c2)no1. The van der Waals surface area contributed by atoms with Crippen LogP contribution in [0, 0.1) is 0 Å². The van der Waals surface area contributed by atoms with Gasteiger partial charge in [0.25, 0.3) is 0 Å². The molecule has 1 unspecified atom stereocenters. The van der Waals surface area contributed by atoms with Crippen molar-refractivity contribution >= 4 is 5.91 Å². The molecule has 1 aromatic heterocycles.